The van der Waals surface area contributed by atoms with Gasteiger partial charge in [-0.25, -0.2) is 17.6 Å². The number of halogens is 7. The first-order valence-electron chi connectivity index (χ1n) is 12.7. The molecular formula is C29H31F7O. The second kappa shape index (κ2) is 12.7. The van der Waals surface area contributed by atoms with Crippen molar-refractivity contribution in [3.8, 4) is 17.6 Å². The minimum atomic E-state index is -5.28. The molecule has 0 amide bonds. The zero-order valence-corrected chi connectivity index (χ0v) is 21.0. The molecule has 2 aromatic carbocycles. The van der Waals surface area contributed by atoms with E-state index >= 15 is 0 Å². The Balaban J connectivity index is 1.65. The lowest BCUT2D eigenvalue weighted by atomic mass is 9.73. The van der Waals surface area contributed by atoms with Gasteiger partial charge in [-0.3, -0.25) is 0 Å². The van der Waals surface area contributed by atoms with Crippen molar-refractivity contribution < 1.29 is 35.5 Å². The summed E-state index contributed by atoms with van der Waals surface area (Å²) >= 11 is 0. The molecule has 8 heteroatoms. The van der Waals surface area contributed by atoms with E-state index in [1.165, 1.54) is 50.7 Å². The molecule has 1 unspecified atom stereocenters. The van der Waals surface area contributed by atoms with Crippen LogP contribution in [0, 0.1) is 52.9 Å². The molecule has 1 atom stereocenters. The van der Waals surface area contributed by atoms with Crippen LogP contribution in [0.25, 0.3) is 0 Å². The largest absolute Gasteiger partial charge is 0.573 e. The molecule has 0 aromatic heterocycles. The third-order valence-corrected chi connectivity index (χ3v) is 7.12. The van der Waals surface area contributed by atoms with Gasteiger partial charge >= 0.3 is 6.36 Å². The summed E-state index contributed by atoms with van der Waals surface area (Å²) in [4.78, 5) is 0. The summed E-state index contributed by atoms with van der Waals surface area (Å²) in [6, 6.07) is 3.42. The predicted molar refractivity (Wildman–Crippen MR) is 128 cm³/mol. The first-order valence-corrected chi connectivity index (χ1v) is 12.7. The molecule has 0 saturated heterocycles. The lowest BCUT2D eigenvalue weighted by Crippen LogP contribution is -2.21. The Hall–Kier alpha value is -2.69. The van der Waals surface area contributed by atoms with Gasteiger partial charge in [0.1, 0.15) is 11.6 Å². The average molecular weight is 529 g/mol. The third-order valence-electron chi connectivity index (χ3n) is 7.12. The highest BCUT2D eigenvalue weighted by molar-refractivity contribution is 5.47. The topological polar surface area (TPSA) is 9.23 Å². The van der Waals surface area contributed by atoms with E-state index in [-0.39, 0.29) is 5.92 Å². The zero-order chi connectivity index (χ0) is 27.2. The maximum absolute atomic E-state index is 14.7. The Labute approximate surface area is 213 Å². The molecule has 1 aliphatic rings. The van der Waals surface area contributed by atoms with Gasteiger partial charge in [0.05, 0.1) is 5.56 Å². The van der Waals surface area contributed by atoms with E-state index in [1.807, 2.05) is 0 Å². The van der Waals surface area contributed by atoms with Crippen LogP contribution in [0.3, 0.4) is 0 Å². The second-order valence-corrected chi connectivity index (χ2v) is 9.96. The summed E-state index contributed by atoms with van der Waals surface area (Å²) in [7, 11) is 0. The Morgan fingerprint density at radius 3 is 2.00 bits per heavy atom. The smallest absolute Gasteiger partial charge is 0.399 e. The van der Waals surface area contributed by atoms with Gasteiger partial charge in [-0.1, -0.05) is 64.2 Å². The van der Waals surface area contributed by atoms with Crippen LogP contribution in [0.4, 0.5) is 30.7 Å². The minimum Gasteiger partial charge on any atom is -0.399 e. The van der Waals surface area contributed by atoms with Crippen molar-refractivity contribution in [2.24, 2.45) is 17.8 Å². The monoisotopic (exact) mass is 528 g/mol. The van der Waals surface area contributed by atoms with Crippen LogP contribution in [0.2, 0.25) is 0 Å². The Bertz CT molecular complexity index is 1080. The molecule has 2 aromatic rings. The molecule has 1 aliphatic carbocycles. The number of hydrogen-bond donors (Lipinski definition) is 0. The van der Waals surface area contributed by atoms with Crippen molar-refractivity contribution in [2.75, 3.05) is 0 Å². The molecule has 0 radical (unpaired) electrons. The zero-order valence-electron chi connectivity index (χ0n) is 21.0. The highest BCUT2D eigenvalue weighted by Crippen LogP contribution is 2.37. The van der Waals surface area contributed by atoms with Crippen molar-refractivity contribution in [3.63, 3.8) is 0 Å². The number of alkyl halides is 3. The second-order valence-electron chi connectivity index (χ2n) is 9.96. The van der Waals surface area contributed by atoms with Gasteiger partial charge in [-0.05, 0) is 66.8 Å². The number of rotatable bonds is 8. The van der Waals surface area contributed by atoms with Crippen LogP contribution >= 0.6 is 0 Å². The normalized spacial score (nSPS) is 18.7. The van der Waals surface area contributed by atoms with Crippen LogP contribution in [-0.2, 0) is 6.42 Å². The molecule has 0 N–H and O–H groups in total. The number of unbranched alkanes of at least 4 members (excludes halogenated alkanes) is 2. The summed E-state index contributed by atoms with van der Waals surface area (Å²) < 4.78 is 97.2. The van der Waals surface area contributed by atoms with E-state index in [1.54, 1.807) is 0 Å². The lowest BCUT2D eigenvalue weighted by molar-refractivity contribution is -0.276. The number of hydrogen-bond acceptors (Lipinski definition) is 1. The molecule has 202 valence electrons. The fourth-order valence-corrected chi connectivity index (χ4v) is 5.11. The molecule has 0 spiro atoms. The average Bonchev–Trinajstić information content (AvgIpc) is 2.81. The van der Waals surface area contributed by atoms with E-state index in [9.17, 15) is 30.7 Å². The van der Waals surface area contributed by atoms with Crippen LogP contribution in [0.5, 0.6) is 5.75 Å². The van der Waals surface area contributed by atoms with Gasteiger partial charge in [-0.2, -0.15) is 0 Å². The highest BCUT2D eigenvalue weighted by Gasteiger charge is 2.34. The molecular weight excluding hydrogens is 497 g/mol. The number of ether oxygens (including phenoxy) is 1. The van der Waals surface area contributed by atoms with Crippen LogP contribution in [-0.4, -0.2) is 6.36 Å². The van der Waals surface area contributed by atoms with Crippen LogP contribution < -0.4 is 4.74 Å². The van der Waals surface area contributed by atoms with Crippen LogP contribution in [0.15, 0.2) is 24.3 Å². The van der Waals surface area contributed by atoms with Crippen molar-refractivity contribution in [2.45, 2.75) is 78.0 Å². The standard InChI is InChI=1S/C29H31F7O/c1-3-4-5-6-19-7-10-22(11-8-19)18(2)13-21-16-24(30)23(25(31)17-21)12-9-20-14-26(32)28(27(33)15-20)37-29(34,35)36/h14-19,22H,3-8,10-11,13H2,1-2H3. The fourth-order valence-electron chi connectivity index (χ4n) is 5.11. The quantitative estimate of drug-likeness (QED) is 0.189. The predicted octanol–water partition coefficient (Wildman–Crippen LogP) is 9.11. The van der Waals surface area contributed by atoms with E-state index < -0.39 is 46.5 Å². The van der Waals surface area contributed by atoms with Gasteiger partial charge in [0.2, 0.25) is 5.75 Å². The highest BCUT2D eigenvalue weighted by atomic mass is 19.4. The van der Waals surface area contributed by atoms with Gasteiger partial charge in [0.15, 0.2) is 11.6 Å². The Kier molecular flexibility index (Phi) is 9.92. The van der Waals surface area contributed by atoms with Gasteiger partial charge in [-0.15, -0.1) is 13.2 Å². The van der Waals surface area contributed by atoms with E-state index in [2.05, 4.69) is 30.4 Å². The first kappa shape index (κ1) is 28.9. The molecule has 0 heterocycles. The van der Waals surface area contributed by atoms with E-state index in [0.717, 1.165) is 18.8 Å². The van der Waals surface area contributed by atoms with Crippen molar-refractivity contribution in [3.05, 3.63) is 64.2 Å². The summed E-state index contributed by atoms with van der Waals surface area (Å²) in [5.41, 5.74) is -0.476. The fraction of sp³-hybridized carbons (Fsp3) is 0.517. The molecule has 1 saturated carbocycles. The van der Waals surface area contributed by atoms with Gasteiger partial charge in [0, 0.05) is 5.56 Å². The van der Waals surface area contributed by atoms with Crippen LogP contribution in [0.1, 0.15) is 81.9 Å². The van der Waals surface area contributed by atoms with Crippen molar-refractivity contribution in [1.29, 1.82) is 0 Å². The SMILES string of the molecule is CCCCCC1CCC(C(C)Cc2cc(F)c(C#Cc3cc(F)c(OC(F)(F)F)c(F)c3)c(F)c2)CC1. The molecule has 37 heavy (non-hydrogen) atoms. The maximum atomic E-state index is 14.7. The van der Waals surface area contributed by atoms with Gasteiger partial charge < -0.3 is 4.74 Å². The lowest BCUT2D eigenvalue weighted by Gasteiger charge is -2.32. The Morgan fingerprint density at radius 2 is 1.46 bits per heavy atom. The van der Waals surface area contributed by atoms with Crippen molar-refractivity contribution >= 4 is 0 Å². The maximum Gasteiger partial charge on any atom is 0.573 e. The van der Waals surface area contributed by atoms with Crippen molar-refractivity contribution in [1.82, 2.24) is 0 Å². The summed E-state index contributed by atoms with van der Waals surface area (Å²) in [6.07, 6.45) is 4.90. The number of benzene rings is 2. The summed E-state index contributed by atoms with van der Waals surface area (Å²) in [5.74, 6) is -0.788. The summed E-state index contributed by atoms with van der Waals surface area (Å²) in [6.45, 7) is 4.30. The first-order chi connectivity index (χ1) is 17.5. The minimum absolute atomic E-state index is 0.260. The molecule has 3 rings (SSSR count). The summed E-state index contributed by atoms with van der Waals surface area (Å²) in [5, 5.41) is 0. The molecule has 1 nitrogen and oxygen atoms in total. The third kappa shape index (κ3) is 8.41. The molecule has 1 fully saturated rings. The molecule has 0 aliphatic heterocycles. The Morgan fingerprint density at radius 1 is 0.865 bits per heavy atom. The van der Waals surface area contributed by atoms with Gasteiger partial charge in [0.25, 0.3) is 0 Å². The molecule has 0 bridgehead atoms. The van der Waals surface area contributed by atoms with E-state index in [4.69, 9.17) is 0 Å². The van der Waals surface area contributed by atoms with E-state index in [0.29, 0.717) is 30.0 Å².